The molecule has 0 aromatic rings. The second-order valence-electron chi connectivity index (χ2n) is 1.98. The molecule has 15 heavy (non-hydrogen) atoms. The van der Waals surface area contributed by atoms with E-state index in [0.29, 0.717) is 5.75 Å². The van der Waals surface area contributed by atoms with Crippen molar-refractivity contribution >= 4 is 9.84 Å². The van der Waals surface area contributed by atoms with E-state index in [1.165, 1.54) is 6.26 Å². The molecule has 0 aromatic heterocycles. The fraction of sp³-hybridized carbons (Fsp3) is 1.00. The Labute approximate surface area is 102 Å². The fourth-order valence-electron chi connectivity index (χ4n) is 0.407. The molecule has 0 rings (SSSR count). The summed E-state index contributed by atoms with van der Waals surface area (Å²) in [6.07, 6.45) is 3.01. The smallest absolute Gasteiger partial charge is 0.147 e. The zero-order valence-corrected chi connectivity index (χ0v) is 6.16. The number of sulfone groups is 1. The number of hydrogen-bond donors (Lipinski definition) is 0. The molecular weight excluding hydrogens is 208 g/mol. The van der Waals surface area contributed by atoms with Crippen LogP contribution in [0.15, 0.2) is 0 Å². The van der Waals surface area contributed by atoms with Crippen molar-refractivity contribution in [2.45, 2.75) is 71.8 Å². The lowest BCUT2D eigenvalue weighted by Gasteiger charge is -1.91. The van der Waals surface area contributed by atoms with Gasteiger partial charge >= 0.3 is 0 Å². The molecular formula is C12H40O2S. The first-order chi connectivity index (χ1) is 3.56. The standard InChI is InChI=1S/C5H12O2S.7CH4/c1-3-4-5-8(2,6)7;;;;;;;/h3-5H2,1-2H3;7*1H4. The van der Waals surface area contributed by atoms with Crippen LogP contribution in [-0.2, 0) is 9.84 Å². The van der Waals surface area contributed by atoms with Gasteiger partial charge in [0.1, 0.15) is 9.84 Å². The SMILES string of the molecule is C.C.C.C.C.C.C.CCCCS(C)(=O)=O. The van der Waals surface area contributed by atoms with Crippen molar-refractivity contribution in [2.24, 2.45) is 0 Å². The van der Waals surface area contributed by atoms with E-state index in [1.807, 2.05) is 6.92 Å². The van der Waals surface area contributed by atoms with Crippen LogP contribution >= 0.6 is 0 Å². The van der Waals surface area contributed by atoms with Gasteiger partial charge in [-0.15, -0.1) is 0 Å². The molecule has 0 saturated heterocycles. The molecule has 0 saturated carbocycles. The summed E-state index contributed by atoms with van der Waals surface area (Å²) < 4.78 is 20.8. The molecule has 2 nitrogen and oxygen atoms in total. The van der Waals surface area contributed by atoms with Gasteiger partial charge in [-0.25, -0.2) is 8.42 Å². The minimum absolute atomic E-state index is 0. The first kappa shape index (κ1) is 60.2. The van der Waals surface area contributed by atoms with Gasteiger partial charge in [0.05, 0.1) is 0 Å². The average Bonchev–Trinajstić information content (AvgIpc) is 1.59. The highest BCUT2D eigenvalue weighted by molar-refractivity contribution is 7.90. The fourth-order valence-corrected chi connectivity index (χ4v) is 1.22. The molecule has 106 valence electrons. The summed E-state index contributed by atoms with van der Waals surface area (Å²) in [6, 6.07) is 0. The lowest BCUT2D eigenvalue weighted by atomic mass is 10.4. The maximum atomic E-state index is 10.4. The van der Waals surface area contributed by atoms with Crippen LogP contribution in [0.2, 0.25) is 0 Å². The molecule has 0 spiro atoms. The summed E-state index contributed by atoms with van der Waals surface area (Å²) in [5.74, 6) is 0.337. The van der Waals surface area contributed by atoms with E-state index in [1.54, 1.807) is 0 Å². The molecule has 0 N–H and O–H groups in total. The average molecular weight is 249 g/mol. The summed E-state index contributed by atoms with van der Waals surface area (Å²) in [4.78, 5) is 0. The first-order valence-electron chi connectivity index (χ1n) is 2.74. The van der Waals surface area contributed by atoms with E-state index in [9.17, 15) is 8.42 Å². The van der Waals surface area contributed by atoms with Crippen LogP contribution < -0.4 is 0 Å². The van der Waals surface area contributed by atoms with Crippen molar-refractivity contribution in [1.82, 2.24) is 0 Å². The van der Waals surface area contributed by atoms with E-state index in [4.69, 9.17) is 0 Å². The predicted octanol–water partition coefficient (Wildman–Crippen LogP) is 5.28. The van der Waals surface area contributed by atoms with Gasteiger partial charge in [0.2, 0.25) is 0 Å². The van der Waals surface area contributed by atoms with Crippen LogP contribution in [0.5, 0.6) is 0 Å². The lowest BCUT2D eigenvalue weighted by Crippen LogP contribution is -2.01. The van der Waals surface area contributed by atoms with Gasteiger partial charge in [-0.2, -0.15) is 0 Å². The lowest BCUT2D eigenvalue weighted by molar-refractivity contribution is 0.598. The Bertz CT molecular complexity index is 138. The van der Waals surface area contributed by atoms with Crippen LogP contribution in [0.25, 0.3) is 0 Å². The summed E-state index contributed by atoms with van der Waals surface area (Å²) in [5, 5.41) is 0. The van der Waals surface area contributed by atoms with Gasteiger partial charge in [0.15, 0.2) is 0 Å². The van der Waals surface area contributed by atoms with Crippen molar-refractivity contribution < 1.29 is 8.42 Å². The number of hydrogen-bond acceptors (Lipinski definition) is 2. The van der Waals surface area contributed by atoms with Crippen molar-refractivity contribution in [3.63, 3.8) is 0 Å². The van der Waals surface area contributed by atoms with Crippen LogP contribution in [0, 0.1) is 0 Å². The molecule has 0 radical (unpaired) electrons. The van der Waals surface area contributed by atoms with Gasteiger partial charge in [-0.05, 0) is 6.42 Å². The highest BCUT2D eigenvalue weighted by atomic mass is 32.2. The third kappa shape index (κ3) is 81.3. The molecule has 0 fully saturated rings. The van der Waals surface area contributed by atoms with E-state index in [-0.39, 0.29) is 52.0 Å². The molecule has 0 bridgehead atoms. The van der Waals surface area contributed by atoms with Crippen molar-refractivity contribution in [3.05, 3.63) is 0 Å². The van der Waals surface area contributed by atoms with Crippen LogP contribution in [0.4, 0.5) is 0 Å². The Morgan fingerprint density at radius 1 is 0.800 bits per heavy atom. The summed E-state index contributed by atoms with van der Waals surface area (Å²) in [7, 11) is -2.69. The second-order valence-corrected chi connectivity index (χ2v) is 4.24. The van der Waals surface area contributed by atoms with E-state index < -0.39 is 9.84 Å². The van der Waals surface area contributed by atoms with E-state index in [2.05, 4.69) is 0 Å². The predicted molar refractivity (Wildman–Crippen MR) is 81.7 cm³/mol. The Hall–Kier alpha value is -0.0500. The molecule has 3 heteroatoms. The maximum absolute atomic E-state index is 10.4. The van der Waals surface area contributed by atoms with Crippen molar-refractivity contribution in [3.8, 4) is 0 Å². The normalized spacial score (nSPS) is 6.27. The van der Waals surface area contributed by atoms with Crippen LogP contribution in [0.1, 0.15) is 71.8 Å². The summed E-state index contributed by atoms with van der Waals surface area (Å²) in [5.41, 5.74) is 0. The van der Waals surface area contributed by atoms with Gasteiger partial charge in [0.25, 0.3) is 0 Å². The summed E-state index contributed by atoms with van der Waals surface area (Å²) in [6.45, 7) is 1.98. The molecule has 0 unspecified atom stereocenters. The van der Waals surface area contributed by atoms with Crippen LogP contribution in [0.3, 0.4) is 0 Å². The topological polar surface area (TPSA) is 34.1 Å². The third-order valence-electron chi connectivity index (χ3n) is 0.869. The molecule has 0 amide bonds. The quantitative estimate of drug-likeness (QED) is 0.680. The Kier molecular flexibility index (Phi) is 117. The van der Waals surface area contributed by atoms with E-state index in [0.717, 1.165) is 12.8 Å². The minimum Gasteiger partial charge on any atom is -0.229 e. The van der Waals surface area contributed by atoms with Crippen LogP contribution in [-0.4, -0.2) is 20.4 Å². The van der Waals surface area contributed by atoms with Crippen molar-refractivity contribution in [1.29, 1.82) is 0 Å². The maximum Gasteiger partial charge on any atom is 0.147 e. The Morgan fingerprint density at radius 2 is 1.07 bits per heavy atom. The number of rotatable bonds is 3. The highest BCUT2D eigenvalue weighted by Gasteiger charge is 1.97. The second kappa shape index (κ2) is 29.2. The van der Waals surface area contributed by atoms with Crippen molar-refractivity contribution in [2.75, 3.05) is 12.0 Å². The monoisotopic (exact) mass is 248 g/mol. The molecule has 0 aromatic carbocycles. The third-order valence-corrected chi connectivity index (χ3v) is 1.90. The van der Waals surface area contributed by atoms with Gasteiger partial charge in [-0.3, -0.25) is 0 Å². The Balaban J connectivity index is -0.0000000117. The van der Waals surface area contributed by atoms with Gasteiger partial charge in [-0.1, -0.05) is 65.3 Å². The molecule has 0 aliphatic carbocycles. The van der Waals surface area contributed by atoms with Gasteiger partial charge in [0, 0.05) is 12.0 Å². The molecule has 0 aliphatic heterocycles. The zero-order chi connectivity index (χ0) is 6.62. The van der Waals surface area contributed by atoms with Gasteiger partial charge < -0.3 is 0 Å². The minimum atomic E-state index is -2.69. The summed E-state index contributed by atoms with van der Waals surface area (Å²) >= 11 is 0. The molecule has 0 aliphatic rings. The van der Waals surface area contributed by atoms with E-state index >= 15 is 0 Å². The highest BCUT2D eigenvalue weighted by Crippen LogP contribution is 1.91. The molecule has 0 heterocycles. The Morgan fingerprint density at radius 3 is 1.13 bits per heavy atom. The largest absolute Gasteiger partial charge is 0.229 e. The number of unbranched alkanes of at least 4 members (excludes halogenated alkanes) is 1. The first-order valence-corrected chi connectivity index (χ1v) is 4.80. The zero-order valence-electron chi connectivity index (χ0n) is 5.35. The molecule has 0 atom stereocenters.